The van der Waals surface area contributed by atoms with Gasteiger partial charge in [0.1, 0.15) is 0 Å². The fraction of sp³-hybridized carbons (Fsp3) is 0.500. The fourth-order valence-electron chi connectivity index (χ4n) is 2.83. The Labute approximate surface area is 119 Å². The summed E-state index contributed by atoms with van der Waals surface area (Å²) in [5.41, 5.74) is 3.29. The molecule has 1 atom stereocenters. The second-order valence-electron chi connectivity index (χ2n) is 5.59. The van der Waals surface area contributed by atoms with Crippen LogP contribution in [0.3, 0.4) is 0 Å². The van der Waals surface area contributed by atoms with E-state index in [9.17, 15) is 9.59 Å². The lowest BCUT2D eigenvalue weighted by Crippen LogP contribution is -2.37. The summed E-state index contributed by atoms with van der Waals surface area (Å²) in [5.74, 6) is -0.788. The number of benzene rings is 1. The van der Waals surface area contributed by atoms with Gasteiger partial charge in [-0.15, -0.1) is 0 Å². The summed E-state index contributed by atoms with van der Waals surface area (Å²) in [5, 5.41) is 8.91. The molecule has 20 heavy (non-hydrogen) atoms. The molecule has 1 N–H and O–H groups in total. The number of nitrogens with zero attached hydrogens (tertiary/aromatic N) is 1. The highest BCUT2D eigenvalue weighted by Crippen LogP contribution is 2.22. The van der Waals surface area contributed by atoms with Gasteiger partial charge in [0.25, 0.3) is 0 Å². The van der Waals surface area contributed by atoms with Crippen LogP contribution in [0.5, 0.6) is 0 Å². The van der Waals surface area contributed by atoms with Crippen LogP contribution < -0.4 is 0 Å². The predicted octanol–water partition coefficient (Wildman–Crippen LogP) is 2.31. The smallest absolute Gasteiger partial charge is 0.305 e. The Morgan fingerprint density at radius 1 is 1.35 bits per heavy atom. The second kappa shape index (κ2) is 6.07. The second-order valence-corrected chi connectivity index (χ2v) is 5.59. The molecule has 0 radical (unpaired) electrons. The summed E-state index contributed by atoms with van der Waals surface area (Å²) in [6.45, 7) is 4.69. The molecule has 1 unspecified atom stereocenters. The molecule has 1 aliphatic heterocycles. The van der Waals surface area contributed by atoms with Gasteiger partial charge in [-0.25, -0.2) is 0 Å². The molecule has 1 fully saturated rings. The van der Waals surface area contributed by atoms with Gasteiger partial charge in [0.05, 0.1) is 12.8 Å². The molecule has 108 valence electrons. The van der Waals surface area contributed by atoms with Gasteiger partial charge in [0.2, 0.25) is 5.91 Å². The lowest BCUT2D eigenvalue weighted by molar-refractivity contribution is -0.139. The Hall–Kier alpha value is -1.84. The maximum atomic E-state index is 12.4. The van der Waals surface area contributed by atoms with Gasteiger partial charge >= 0.3 is 5.97 Å². The first-order valence-electron chi connectivity index (χ1n) is 7.05. The van der Waals surface area contributed by atoms with E-state index in [2.05, 4.69) is 0 Å². The van der Waals surface area contributed by atoms with Crippen molar-refractivity contribution in [2.45, 2.75) is 45.6 Å². The highest BCUT2D eigenvalue weighted by atomic mass is 16.4. The Balaban J connectivity index is 2.07. The van der Waals surface area contributed by atoms with E-state index in [0.717, 1.165) is 29.5 Å². The first-order chi connectivity index (χ1) is 9.47. The van der Waals surface area contributed by atoms with Gasteiger partial charge in [-0.2, -0.15) is 0 Å². The third-order valence-corrected chi connectivity index (χ3v) is 3.95. The molecule has 1 amide bonds. The quantitative estimate of drug-likeness (QED) is 0.917. The molecule has 1 aromatic rings. The van der Waals surface area contributed by atoms with E-state index < -0.39 is 5.97 Å². The largest absolute Gasteiger partial charge is 0.481 e. The Morgan fingerprint density at radius 3 is 2.80 bits per heavy atom. The lowest BCUT2D eigenvalue weighted by Gasteiger charge is -2.24. The van der Waals surface area contributed by atoms with E-state index in [1.54, 1.807) is 4.90 Å². The van der Waals surface area contributed by atoms with E-state index in [1.807, 2.05) is 32.0 Å². The van der Waals surface area contributed by atoms with E-state index in [1.165, 1.54) is 0 Å². The molecule has 0 aromatic heterocycles. The number of hydrogen-bond donors (Lipinski definition) is 1. The summed E-state index contributed by atoms with van der Waals surface area (Å²) in [4.78, 5) is 25.0. The number of carbonyl (C=O) groups excluding carboxylic acids is 1. The number of likely N-dealkylation sites (tertiary alicyclic amines) is 1. The number of amides is 1. The fourth-order valence-corrected chi connectivity index (χ4v) is 2.83. The maximum absolute atomic E-state index is 12.4. The van der Waals surface area contributed by atoms with Crippen molar-refractivity contribution in [1.82, 2.24) is 4.90 Å². The molecule has 4 heteroatoms. The van der Waals surface area contributed by atoms with Crippen LogP contribution in [0.25, 0.3) is 0 Å². The van der Waals surface area contributed by atoms with Crippen molar-refractivity contribution in [3.8, 4) is 0 Å². The van der Waals surface area contributed by atoms with Gasteiger partial charge < -0.3 is 10.0 Å². The molecule has 0 spiro atoms. The molecule has 1 heterocycles. The normalized spacial score (nSPS) is 18.3. The molecular formula is C16H21NO3. The molecule has 1 aliphatic rings. The van der Waals surface area contributed by atoms with Crippen molar-refractivity contribution in [3.05, 3.63) is 34.9 Å². The van der Waals surface area contributed by atoms with Gasteiger partial charge in [-0.05, 0) is 37.8 Å². The SMILES string of the molecule is Cc1ccc(C)c(CC(=O)N2CCCC2CC(=O)O)c1. The number of carbonyl (C=O) groups is 2. The zero-order chi connectivity index (χ0) is 14.7. The summed E-state index contributed by atoms with van der Waals surface area (Å²) >= 11 is 0. The molecule has 2 rings (SSSR count). The van der Waals surface area contributed by atoms with Crippen molar-refractivity contribution < 1.29 is 14.7 Å². The van der Waals surface area contributed by atoms with Crippen LogP contribution in [-0.4, -0.2) is 34.5 Å². The van der Waals surface area contributed by atoms with Crippen LogP contribution in [-0.2, 0) is 16.0 Å². The molecule has 0 bridgehead atoms. The van der Waals surface area contributed by atoms with Crippen molar-refractivity contribution in [2.75, 3.05) is 6.54 Å². The molecule has 1 saturated heterocycles. The Morgan fingerprint density at radius 2 is 2.10 bits per heavy atom. The first kappa shape index (κ1) is 14.6. The summed E-state index contributed by atoms with van der Waals surface area (Å²) in [6.07, 6.45) is 2.11. The molecule has 0 aliphatic carbocycles. The Kier molecular flexibility index (Phi) is 4.42. The number of aliphatic carboxylic acids is 1. The number of aryl methyl sites for hydroxylation is 2. The van der Waals surface area contributed by atoms with Gasteiger partial charge in [-0.1, -0.05) is 23.8 Å². The zero-order valence-electron chi connectivity index (χ0n) is 12.1. The zero-order valence-corrected chi connectivity index (χ0v) is 12.1. The Bertz CT molecular complexity index is 524. The van der Waals surface area contributed by atoms with Crippen molar-refractivity contribution in [2.24, 2.45) is 0 Å². The average Bonchev–Trinajstić information content (AvgIpc) is 2.81. The number of carboxylic acids is 1. The lowest BCUT2D eigenvalue weighted by atomic mass is 10.0. The van der Waals surface area contributed by atoms with Gasteiger partial charge in [-0.3, -0.25) is 9.59 Å². The number of rotatable bonds is 4. The summed E-state index contributed by atoms with van der Waals surface area (Å²) in [6, 6.07) is 5.96. The molecule has 1 aromatic carbocycles. The van der Waals surface area contributed by atoms with Crippen molar-refractivity contribution in [1.29, 1.82) is 0 Å². The third-order valence-electron chi connectivity index (χ3n) is 3.95. The van der Waals surface area contributed by atoms with Crippen LogP contribution in [0.4, 0.5) is 0 Å². The third kappa shape index (κ3) is 3.38. The average molecular weight is 275 g/mol. The number of hydrogen-bond acceptors (Lipinski definition) is 2. The first-order valence-corrected chi connectivity index (χ1v) is 7.05. The minimum Gasteiger partial charge on any atom is -0.481 e. The summed E-state index contributed by atoms with van der Waals surface area (Å²) < 4.78 is 0. The maximum Gasteiger partial charge on any atom is 0.305 e. The van der Waals surface area contributed by atoms with E-state index in [-0.39, 0.29) is 18.4 Å². The van der Waals surface area contributed by atoms with E-state index >= 15 is 0 Å². The minimum absolute atomic E-state index is 0.0439. The topological polar surface area (TPSA) is 57.6 Å². The minimum atomic E-state index is -0.832. The van der Waals surface area contributed by atoms with Crippen molar-refractivity contribution >= 4 is 11.9 Å². The summed E-state index contributed by atoms with van der Waals surface area (Å²) in [7, 11) is 0. The van der Waals surface area contributed by atoms with Crippen LogP contribution in [0, 0.1) is 13.8 Å². The van der Waals surface area contributed by atoms with Crippen LogP contribution in [0.1, 0.15) is 36.0 Å². The molecule has 4 nitrogen and oxygen atoms in total. The highest BCUT2D eigenvalue weighted by Gasteiger charge is 2.30. The molecule has 0 saturated carbocycles. The predicted molar refractivity (Wildman–Crippen MR) is 76.6 cm³/mol. The van der Waals surface area contributed by atoms with Crippen LogP contribution in [0.2, 0.25) is 0 Å². The van der Waals surface area contributed by atoms with Crippen LogP contribution in [0.15, 0.2) is 18.2 Å². The van der Waals surface area contributed by atoms with Crippen LogP contribution >= 0.6 is 0 Å². The standard InChI is InChI=1S/C16H21NO3/c1-11-5-6-12(2)13(8-11)9-15(18)17-7-3-4-14(17)10-16(19)20/h5-6,8,14H,3-4,7,9-10H2,1-2H3,(H,19,20). The van der Waals surface area contributed by atoms with Gasteiger partial charge in [0.15, 0.2) is 0 Å². The van der Waals surface area contributed by atoms with Crippen molar-refractivity contribution in [3.63, 3.8) is 0 Å². The molecular weight excluding hydrogens is 254 g/mol. The number of carboxylic acid groups (broad SMARTS) is 1. The van der Waals surface area contributed by atoms with E-state index in [0.29, 0.717) is 13.0 Å². The monoisotopic (exact) mass is 275 g/mol. The highest BCUT2D eigenvalue weighted by molar-refractivity contribution is 5.80. The van der Waals surface area contributed by atoms with E-state index in [4.69, 9.17) is 5.11 Å². The van der Waals surface area contributed by atoms with Gasteiger partial charge in [0, 0.05) is 12.6 Å².